The predicted molar refractivity (Wildman–Crippen MR) is 66.5 cm³/mol. The molecule has 0 fully saturated rings. The Balaban J connectivity index is 4.42. The normalized spacial score (nSPS) is 12.5. The van der Waals surface area contributed by atoms with Crippen molar-refractivity contribution in [1.82, 2.24) is 4.90 Å². The Hall–Kier alpha value is -1.10. The first kappa shape index (κ1) is 15.9. The average Bonchev–Trinajstić information content (AvgIpc) is 2.25. The number of amides is 1. The highest BCUT2D eigenvalue weighted by Gasteiger charge is 2.23. The molecule has 0 bridgehead atoms. The first-order chi connectivity index (χ1) is 7.92. The van der Waals surface area contributed by atoms with E-state index in [1.54, 1.807) is 4.90 Å². The molecule has 0 aliphatic rings. The summed E-state index contributed by atoms with van der Waals surface area (Å²) >= 11 is 0. The van der Waals surface area contributed by atoms with Crippen LogP contribution in [0, 0.1) is 11.8 Å². The molecular formula is C12H24N2O3. The molecule has 0 rings (SSSR count). The maximum Gasteiger partial charge on any atom is 0.305 e. The quantitative estimate of drug-likeness (QED) is 0.665. The third kappa shape index (κ3) is 6.26. The van der Waals surface area contributed by atoms with Gasteiger partial charge in [-0.1, -0.05) is 13.8 Å². The second-order valence-corrected chi connectivity index (χ2v) is 4.62. The molecule has 0 aliphatic carbocycles. The van der Waals surface area contributed by atoms with Crippen molar-refractivity contribution in [2.24, 2.45) is 17.6 Å². The van der Waals surface area contributed by atoms with Crippen LogP contribution in [0.2, 0.25) is 0 Å². The maximum atomic E-state index is 12.1. The third-order valence-corrected chi connectivity index (χ3v) is 2.68. The topological polar surface area (TPSA) is 83.6 Å². The van der Waals surface area contributed by atoms with Gasteiger partial charge in [-0.15, -0.1) is 0 Å². The van der Waals surface area contributed by atoms with E-state index in [-0.39, 0.29) is 24.8 Å². The highest BCUT2D eigenvalue weighted by atomic mass is 16.4. The van der Waals surface area contributed by atoms with Crippen LogP contribution in [0.25, 0.3) is 0 Å². The van der Waals surface area contributed by atoms with Crippen molar-refractivity contribution < 1.29 is 14.7 Å². The van der Waals surface area contributed by atoms with Gasteiger partial charge in [0, 0.05) is 19.6 Å². The molecule has 1 atom stereocenters. The standard InChI is InChI=1S/C12H24N2O3/c1-4-14(6-5-11(15)16)12(17)10(8-13)7-9(2)3/h9-10H,4-8,13H2,1-3H3,(H,15,16). The van der Waals surface area contributed by atoms with E-state index in [0.29, 0.717) is 19.0 Å². The number of hydrogen-bond donors (Lipinski definition) is 2. The molecule has 0 aromatic rings. The van der Waals surface area contributed by atoms with E-state index in [0.717, 1.165) is 6.42 Å². The van der Waals surface area contributed by atoms with E-state index in [1.807, 2.05) is 20.8 Å². The molecule has 0 heterocycles. The fourth-order valence-corrected chi connectivity index (χ4v) is 1.78. The van der Waals surface area contributed by atoms with Gasteiger partial charge in [-0.3, -0.25) is 9.59 Å². The van der Waals surface area contributed by atoms with Crippen LogP contribution in [0.4, 0.5) is 0 Å². The van der Waals surface area contributed by atoms with Gasteiger partial charge in [-0.2, -0.15) is 0 Å². The minimum Gasteiger partial charge on any atom is -0.481 e. The van der Waals surface area contributed by atoms with Crippen LogP contribution in [-0.2, 0) is 9.59 Å². The highest BCUT2D eigenvalue weighted by Crippen LogP contribution is 2.14. The van der Waals surface area contributed by atoms with Gasteiger partial charge < -0.3 is 15.7 Å². The van der Waals surface area contributed by atoms with E-state index in [9.17, 15) is 9.59 Å². The van der Waals surface area contributed by atoms with Crippen molar-refractivity contribution in [3.8, 4) is 0 Å². The SMILES string of the molecule is CCN(CCC(=O)O)C(=O)C(CN)CC(C)C. The molecule has 0 saturated carbocycles. The van der Waals surface area contributed by atoms with Crippen molar-refractivity contribution in [2.75, 3.05) is 19.6 Å². The number of carbonyl (C=O) groups is 2. The molecule has 0 aromatic carbocycles. The Morgan fingerprint density at radius 3 is 2.29 bits per heavy atom. The number of rotatable bonds is 8. The summed E-state index contributed by atoms with van der Waals surface area (Å²) in [5.41, 5.74) is 5.61. The number of carbonyl (C=O) groups excluding carboxylic acids is 1. The largest absolute Gasteiger partial charge is 0.481 e. The molecule has 1 unspecified atom stereocenters. The van der Waals surface area contributed by atoms with Crippen LogP contribution < -0.4 is 5.73 Å². The van der Waals surface area contributed by atoms with Gasteiger partial charge in [0.2, 0.25) is 5.91 Å². The van der Waals surface area contributed by atoms with Crippen molar-refractivity contribution in [3.63, 3.8) is 0 Å². The average molecular weight is 244 g/mol. The highest BCUT2D eigenvalue weighted by molar-refractivity contribution is 5.79. The zero-order valence-corrected chi connectivity index (χ0v) is 11.0. The van der Waals surface area contributed by atoms with E-state index < -0.39 is 5.97 Å². The summed E-state index contributed by atoms with van der Waals surface area (Å²) in [6, 6.07) is 0. The minimum atomic E-state index is -0.885. The predicted octanol–water partition coefficient (Wildman–Crippen LogP) is 0.931. The van der Waals surface area contributed by atoms with Crippen molar-refractivity contribution >= 4 is 11.9 Å². The fourth-order valence-electron chi connectivity index (χ4n) is 1.78. The van der Waals surface area contributed by atoms with Crippen molar-refractivity contribution in [3.05, 3.63) is 0 Å². The van der Waals surface area contributed by atoms with E-state index in [1.165, 1.54) is 0 Å². The lowest BCUT2D eigenvalue weighted by molar-refractivity contribution is -0.139. The molecule has 0 saturated heterocycles. The zero-order chi connectivity index (χ0) is 13.4. The Kier molecular flexibility index (Phi) is 7.54. The number of hydrogen-bond acceptors (Lipinski definition) is 3. The number of nitrogens with two attached hydrogens (primary N) is 1. The monoisotopic (exact) mass is 244 g/mol. The Morgan fingerprint density at radius 1 is 1.35 bits per heavy atom. The number of carboxylic acids is 1. The van der Waals surface area contributed by atoms with E-state index >= 15 is 0 Å². The number of nitrogens with zero attached hydrogens (tertiary/aromatic N) is 1. The van der Waals surface area contributed by atoms with Gasteiger partial charge in [0.15, 0.2) is 0 Å². The van der Waals surface area contributed by atoms with Crippen LogP contribution in [0.5, 0.6) is 0 Å². The fraction of sp³-hybridized carbons (Fsp3) is 0.833. The Bertz CT molecular complexity index is 254. The second-order valence-electron chi connectivity index (χ2n) is 4.62. The van der Waals surface area contributed by atoms with Crippen LogP contribution in [0.15, 0.2) is 0 Å². The molecular weight excluding hydrogens is 220 g/mol. The smallest absolute Gasteiger partial charge is 0.305 e. The molecule has 0 spiro atoms. The van der Waals surface area contributed by atoms with E-state index in [4.69, 9.17) is 10.8 Å². The molecule has 3 N–H and O–H groups in total. The molecule has 0 aliphatic heterocycles. The molecule has 5 nitrogen and oxygen atoms in total. The Labute approximate surface area is 103 Å². The minimum absolute atomic E-state index is 0.0153. The molecule has 5 heteroatoms. The lowest BCUT2D eigenvalue weighted by atomic mass is 9.96. The molecule has 0 radical (unpaired) electrons. The third-order valence-electron chi connectivity index (χ3n) is 2.68. The molecule has 0 aromatic heterocycles. The summed E-state index contributed by atoms with van der Waals surface area (Å²) in [5, 5.41) is 8.62. The van der Waals surface area contributed by atoms with Gasteiger partial charge in [-0.25, -0.2) is 0 Å². The summed E-state index contributed by atoms with van der Waals surface area (Å²) < 4.78 is 0. The first-order valence-corrected chi connectivity index (χ1v) is 6.12. The first-order valence-electron chi connectivity index (χ1n) is 6.12. The number of aliphatic carboxylic acids is 1. The van der Waals surface area contributed by atoms with Crippen LogP contribution >= 0.6 is 0 Å². The van der Waals surface area contributed by atoms with Crippen LogP contribution in [-0.4, -0.2) is 41.5 Å². The summed E-state index contributed by atoms with van der Waals surface area (Å²) in [6.07, 6.45) is 0.734. The van der Waals surface area contributed by atoms with Gasteiger partial charge in [0.05, 0.1) is 12.3 Å². The number of carboxylic acid groups (broad SMARTS) is 1. The Morgan fingerprint density at radius 2 is 1.94 bits per heavy atom. The summed E-state index contributed by atoms with van der Waals surface area (Å²) in [5.74, 6) is -0.691. The van der Waals surface area contributed by atoms with Crippen molar-refractivity contribution in [2.45, 2.75) is 33.6 Å². The molecule has 17 heavy (non-hydrogen) atoms. The lowest BCUT2D eigenvalue weighted by Gasteiger charge is -2.26. The van der Waals surface area contributed by atoms with Gasteiger partial charge in [0.25, 0.3) is 0 Å². The lowest BCUT2D eigenvalue weighted by Crippen LogP contribution is -2.40. The van der Waals surface area contributed by atoms with Crippen molar-refractivity contribution in [1.29, 1.82) is 0 Å². The molecule has 100 valence electrons. The summed E-state index contributed by atoms with van der Waals surface area (Å²) in [7, 11) is 0. The van der Waals surface area contributed by atoms with Crippen LogP contribution in [0.1, 0.15) is 33.6 Å². The van der Waals surface area contributed by atoms with Gasteiger partial charge in [0.1, 0.15) is 0 Å². The van der Waals surface area contributed by atoms with E-state index in [2.05, 4.69) is 0 Å². The second kappa shape index (κ2) is 8.06. The summed E-state index contributed by atoms with van der Waals surface area (Å²) in [4.78, 5) is 24.2. The summed E-state index contributed by atoms with van der Waals surface area (Å²) in [6.45, 7) is 7.05. The van der Waals surface area contributed by atoms with Gasteiger partial charge in [-0.05, 0) is 19.3 Å². The van der Waals surface area contributed by atoms with Gasteiger partial charge >= 0.3 is 5.97 Å². The maximum absolute atomic E-state index is 12.1. The zero-order valence-electron chi connectivity index (χ0n) is 11.0. The van der Waals surface area contributed by atoms with Crippen LogP contribution in [0.3, 0.4) is 0 Å². The molecule has 1 amide bonds.